The van der Waals surface area contributed by atoms with E-state index in [1.54, 1.807) is 0 Å². The average molecular weight is 215 g/mol. The molecule has 0 radical (unpaired) electrons. The number of carbonyl (C=O) groups excluding carboxylic acids is 1. The highest BCUT2D eigenvalue weighted by Gasteiger charge is 2.18. The molecule has 0 spiro atoms. The van der Waals surface area contributed by atoms with E-state index in [2.05, 4.69) is 0 Å². The van der Waals surface area contributed by atoms with Gasteiger partial charge in [0.1, 0.15) is 11.4 Å². The third kappa shape index (κ3) is 2.43. The molecule has 1 rings (SSSR count). The molecule has 0 aliphatic heterocycles. The molecular formula is C10H11F2NO2. The minimum Gasteiger partial charge on any atom is -0.490 e. The number of halogens is 2. The van der Waals surface area contributed by atoms with Crippen LogP contribution in [0.2, 0.25) is 0 Å². The van der Waals surface area contributed by atoms with Gasteiger partial charge in [-0.3, -0.25) is 4.79 Å². The van der Waals surface area contributed by atoms with Gasteiger partial charge in [0.15, 0.2) is 11.6 Å². The first-order valence-electron chi connectivity index (χ1n) is 4.48. The zero-order chi connectivity index (χ0) is 11.4. The number of ether oxygens (including phenoxy) is 1. The Balaban J connectivity index is 3.11. The Morgan fingerprint density at radius 1 is 1.47 bits per heavy atom. The van der Waals surface area contributed by atoms with Crippen molar-refractivity contribution in [1.29, 1.82) is 0 Å². The molecule has 5 heteroatoms. The predicted molar refractivity (Wildman–Crippen MR) is 50.7 cm³/mol. The molecule has 0 saturated carbocycles. The van der Waals surface area contributed by atoms with E-state index >= 15 is 0 Å². The Morgan fingerprint density at radius 2 is 2.13 bits per heavy atom. The summed E-state index contributed by atoms with van der Waals surface area (Å²) in [5, 5.41) is 0. The molecule has 0 heterocycles. The van der Waals surface area contributed by atoms with Crippen LogP contribution < -0.4 is 10.5 Å². The van der Waals surface area contributed by atoms with Crippen LogP contribution in [0.4, 0.5) is 8.78 Å². The molecule has 0 fully saturated rings. The molecule has 1 aromatic carbocycles. The Morgan fingerprint density at radius 3 is 2.67 bits per heavy atom. The Bertz CT molecular complexity index is 380. The molecule has 3 nitrogen and oxygen atoms in total. The lowest BCUT2D eigenvalue weighted by Gasteiger charge is -2.08. The van der Waals surface area contributed by atoms with Gasteiger partial charge in [0.2, 0.25) is 0 Å². The van der Waals surface area contributed by atoms with Crippen LogP contribution in [0, 0.1) is 11.6 Å². The van der Waals surface area contributed by atoms with Crippen LogP contribution in [-0.2, 0) is 0 Å². The van der Waals surface area contributed by atoms with E-state index in [9.17, 15) is 13.6 Å². The maximum Gasteiger partial charge on any atom is 0.254 e. The molecule has 1 aromatic rings. The van der Waals surface area contributed by atoms with Crippen LogP contribution >= 0.6 is 0 Å². The molecular weight excluding hydrogens is 204 g/mol. The van der Waals surface area contributed by atoms with Crippen molar-refractivity contribution in [2.24, 2.45) is 5.73 Å². The molecule has 15 heavy (non-hydrogen) atoms. The van der Waals surface area contributed by atoms with Gasteiger partial charge in [0.25, 0.3) is 5.91 Å². The highest BCUT2D eigenvalue weighted by atomic mass is 19.1. The molecule has 0 saturated heterocycles. The third-order valence-corrected chi connectivity index (χ3v) is 1.76. The van der Waals surface area contributed by atoms with Crippen LogP contribution in [0.5, 0.6) is 5.75 Å². The minimum atomic E-state index is -1.15. The number of hydrogen-bond acceptors (Lipinski definition) is 2. The fourth-order valence-electron chi connectivity index (χ4n) is 1.08. The number of benzene rings is 1. The molecule has 1 amide bonds. The topological polar surface area (TPSA) is 52.3 Å². The van der Waals surface area contributed by atoms with Crippen LogP contribution in [-0.4, -0.2) is 12.5 Å². The number of hydrogen-bond donors (Lipinski definition) is 1. The van der Waals surface area contributed by atoms with E-state index in [4.69, 9.17) is 10.5 Å². The number of primary amides is 1. The van der Waals surface area contributed by atoms with E-state index in [-0.39, 0.29) is 5.75 Å². The van der Waals surface area contributed by atoms with Crippen molar-refractivity contribution in [1.82, 2.24) is 0 Å². The van der Waals surface area contributed by atoms with Crippen molar-refractivity contribution < 1.29 is 18.3 Å². The SMILES string of the molecule is CCCOc1ccc(F)c(C(N)=O)c1F. The molecule has 0 atom stereocenters. The van der Waals surface area contributed by atoms with E-state index < -0.39 is 23.1 Å². The average Bonchev–Trinajstić information content (AvgIpc) is 2.16. The van der Waals surface area contributed by atoms with Crippen molar-refractivity contribution in [3.8, 4) is 5.75 Å². The van der Waals surface area contributed by atoms with Gasteiger partial charge >= 0.3 is 0 Å². The Labute approximate surface area is 85.8 Å². The van der Waals surface area contributed by atoms with Crippen molar-refractivity contribution in [2.45, 2.75) is 13.3 Å². The highest BCUT2D eigenvalue weighted by Crippen LogP contribution is 2.22. The zero-order valence-electron chi connectivity index (χ0n) is 8.22. The summed E-state index contributed by atoms with van der Waals surface area (Å²) < 4.78 is 31.4. The number of carbonyl (C=O) groups is 1. The largest absolute Gasteiger partial charge is 0.490 e. The summed E-state index contributed by atoms with van der Waals surface area (Å²) in [6, 6.07) is 2.08. The molecule has 0 unspecified atom stereocenters. The first-order chi connectivity index (χ1) is 7.07. The van der Waals surface area contributed by atoms with Gasteiger partial charge < -0.3 is 10.5 Å². The number of amides is 1. The van der Waals surface area contributed by atoms with Crippen molar-refractivity contribution in [2.75, 3.05) is 6.61 Å². The second kappa shape index (κ2) is 4.72. The number of nitrogens with two attached hydrogens (primary N) is 1. The van der Waals surface area contributed by atoms with Gasteiger partial charge in [-0.1, -0.05) is 6.92 Å². The van der Waals surface area contributed by atoms with Gasteiger partial charge in [0, 0.05) is 0 Å². The number of rotatable bonds is 4. The smallest absolute Gasteiger partial charge is 0.254 e. The fraction of sp³-hybridized carbons (Fsp3) is 0.300. The van der Waals surface area contributed by atoms with Crippen molar-refractivity contribution in [3.63, 3.8) is 0 Å². The third-order valence-electron chi connectivity index (χ3n) is 1.76. The fourth-order valence-corrected chi connectivity index (χ4v) is 1.08. The maximum atomic E-state index is 13.4. The van der Waals surface area contributed by atoms with Crippen LogP contribution in [0.15, 0.2) is 12.1 Å². The molecule has 0 aliphatic rings. The van der Waals surface area contributed by atoms with Gasteiger partial charge in [-0.05, 0) is 18.6 Å². The van der Waals surface area contributed by atoms with Gasteiger partial charge in [-0.15, -0.1) is 0 Å². The van der Waals surface area contributed by atoms with Gasteiger partial charge in [-0.2, -0.15) is 0 Å². The van der Waals surface area contributed by atoms with Crippen LogP contribution in [0.1, 0.15) is 23.7 Å². The van der Waals surface area contributed by atoms with Crippen molar-refractivity contribution >= 4 is 5.91 Å². The molecule has 82 valence electrons. The summed E-state index contributed by atoms with van der Waals surface area (Å²) in [5.41, 5.74) is 4.08. The van der Waals surface area contributed by atoms with Crippen molar-refractivity contribution in [3.05, 3.63) is 29.3 Å². The second-order valence-corrected chi connectivity index (χ2v) is 2.95. The molecule has 0 bridgehead atoms. The Hall–Kier alpha value is -1.65. The summed E-state index contributed by atoms with van der Waals surface area (Å²) in [6.07, 6.45) is 0.683. The monoisotopic (exact) mass is 215 g/mol. The lowest BCUT2D eigenvalue weighted by Crippen LogP contribution is -2.16. The summed E-state index contributed by atoms with van der Waals surface area (Å²) in [5.74, 6) is -3.33. The summed E-state index contributed by atoms with van der Waals surface area (Å²) in [6.45, 7) is 2.14. The predicted octanol–water partition coefficient (Wildman–Crippen LogP) is 1.85. The summed E-state index contributed by atoms with van der Waals surface area (Å²) in [4.78, 5) is 10.8. The standard InChI is InChI=1S/C10H11F2NO2/c1-2-5-15-7-4-3-6(11)8(9(7)12)10(13)14/h3-4H,2,5H2,1H3,(H2,13,14). The minimum absolute atomic E-state index is 0.160. The summed E-state index contributed by atoms with van der Waals surface area (Å²) >= 11 is 0. The van der Waals surface area contributed by atoms with Gasteiger partial charge in [-0.25, -0.2) is 8.78 Å². The normalized spacial score (nSPS) is 10.1. The van der Waals surface area contributed by atoms with Gasteiger partial charge in [0.05, 0.1) is 6.61 Å². The van der Waals surface area contributed by atoms with E-state index in [1.807, 2.05) is 6.92 Å². The van der Waals surface area contributed by atoms with E-state index in [0.29, 0.717) is 13.0 Å². The maximum absolute atomic E-state index is 13.4. The Kier molecular flexibility index (Phi) is 3.60. The highest BCUT2D eigenvalue weighted by molar-refractivity contribution is 5.93. The van der Waals surface area contributed by atoms with Crippen LogP contribution in [0.3, 0.4) is 0 Å². The zero-order valence-corrected chi connectivity index (χ0v) is 8.22. The second-order valence-electron chi connectivity index (χ2n) is 2.95. The quantitative estimate of drug-likeness (QED) is 0.833. The lowest BCUT2D eigenvalue weighted by molar-refractivity contribution is 0.0991. The molecule has 0 aliphatic carbocycles. The van der Waals surface area contributed by atoms with E-state index in [0.717, 1.165) is 12.1 Å². The summed E-state index contributed by atoms with van der Waals surface area (Å²) in [7, 11) is 0. The lowest BCUT2D eigenvalue weighted by atomic mass is 10.1. The van der Waals surface area contributed by atoms with Crippen LogP contribution in [0.25, 0.3) is 0 Å². The first-order valence-corrected chi connectivity index (χ1v) is 4.48. The molecule has 0 aromatic heterocycles. The van der Waals surface area contributed by atoms with E-state index in [1.165, 1.54) is 0 Å². The molecule has 2 N–H and O–H groups in total. The first kappa shape index (κ1) is 11.4.